The Kier molecular flexibility index (Phi) is 10.4. The van der Waals surface area contributed by atoms with Gasteiger partial charge in [-0.3, -0.25) is 4.79 Å². The van der Waals surface area contributed by atoms with E-state index in [2.05, 4.69) is 0 Å². The molecule has 0 aliphatic carbocycles. The summed E-state index contributed by atoms with van der Waals surface area (Å²) in [6, 6.07) is 0. The predicted octanol–water partition coefficient (Wildman–Crippen LogP) is 0.723. The van der Waals surface area contributed by atoms with Crippen molar-refractivity contribution in [3.8, 4) is 0 Å². The van der Waals surface area contributed by atoms with Gasteiger partial charge in [0.1, 0.15) is 5.75 Å². The summed E-state index contributed by atoms with van der Waals surface area (Å²) in [4.78, 5) is 11.2. The van der Waals surface area contributed by atoms with Crippen LogP contribution >= 0.6 is 12.4 Å². The molecule has 0 saturated carbocycles. The number of hydrogen-bond donors (Lipinski definition) is 2. The van der Waals surface area contributed by atoms with Gasteiger partial charge in [0, 0.05) is 0 Å². The lowest BCUT2D eigenvalue weighted by Gasteiger charge is -2.14. The van der Waals surface area contributed by atoms with Crippen molar-refractivity contribution in [1.82, 2.24) is 5.32 Å². The van der Waals surface area contributed by atoms with Gasteiger partial charge in [0.05, 0.1) is 18.8 Å². The molecule has 116 valence electrons. The summed E-state index contributed by atoms with van der Waals surface area (Å²) < 4.78 is 48.3. The molecule has 9 heteroatoms. The molecule has 0 rings (SSSR count). The van der Waals surface area contributed by atoms with Gasteiger partial charge in [-0.1, -0.05) is 19.8 Å². The van der Waals surface area contributed by atoms with Crippen LogP contribution in [0.1, 0.15) is 26.2 Å². The van der Waals surface area contributed by atoms with Crippen molar-refractivity contribution in [3.05, 3.63) is 0 Å². The number of carbonyl (C=O) groups excluding carboxylic acids is 1. The maximum Gasteiger partial charge on any atom is 0.277 e. The van der Waals surface area contributed by atoms with Crippen molar-refractivity contribution in [2.45, 2.75) is 32.1 Å². The van der Waals surface area contributed by atoms with Crippen LogP contribution in [-0.4, -0.2) is 44.8 Å². The minimum atomic E-state index is -3.52. The average Bonchev–Trinajstić information content (AvgIpc) is 2.26. The number of alkyl halides is 2. The highest BCUT2D eigenvalue weighted by atomic mass is 35.5. The molecular formula is C10H21ClF2N2O3S. The van der Waals surface area contributed by atoms with Crippen LogP contribution in [0.25, 0.3) is 0 Å². The van der Waals surface area contributed by atoms with Crippen LogP contribution in [0.2, 0.25) is 0 Å². The van der Waals surface area contributed by atoms with E-state index in [1.807, 2.05) is 12.2 Å². The Balaban J connectivity index is 0. The van der Waals surface area contributed by atoms with Gasteiger partial charge in [0.25, 0.3) is 5.92 Å². The van der Waals surface area contributed by atoms with Crippen molar-refractivity contribution < 1.29 is 22.0 Å². The lowest BCUT2D eigenvalue weighted by Crippen LogP contribution is -2.43. The first kappa shape index (κ1) is 20.8. The summed E-state index contributed by atoms with van der Waals surface area (Å²) in [6.45, 7) is 0.0948. The molecule has 5 nitrogen and oxygen atoms in total. The lowest BCUT2D eigenvalue weighted by atomic mass is 10.3. The van der Waals surface area contributed by atoms with E-state index in [0.29, 0.717) is 6.42 Å². The zero-order valence-electron chi connectivity index (χ0n) is 10.8. The molecule has 3 N–H and O–H groups in total. The van der Waals surface area contributed by atoms with Crippen molar-refractivity contribution in [1.29, 1.82) is 0 Å². The van der Waals surface area contributed by atoms with Crippen molar-refractivity contribution in [2.24, 2.45) is 5.73 Å². The highest BCUT2D eigenvalue weighted by Crippen LogP contribution is 2.08. The van der Waals surface area contributed by atoms with Crippen LogP contribution in [0.3, 0.4) is 0 Å². The van der Waals surface area contributed by atoms with Crippen LogP contribution < -0.4 is 11.1 Å². The van der Waals surface area contributed by atoms with Gasteiger partial charge in [-0.05, 0) is 6.42 Å². The SMILES string of the molecule is CCCCCS(=O)(=O)CC(=O)NCC(F)(F)CN.Cl. The second kappa shape index (κ2) is 9.44. The van der Waals surface area contributed by atoms with Crippen molar-refractivity contribution in [3.63, 3.8) is 0 Å². The van der Waals surface area contributed by atoms with Crippen molar-refractivity contribution >= 4 is 28.2 Å². The summed E-state index contributed by atoms with van der Waals surface area (Å²) in [6.07, 6.45) is 2.10. The average molecular weight is 323 g/mol. The van der Waals surface area contributed by atoms with E-state index in [9.17, 15) is 22.0 Å². The van der Waals surface area contributed by atoms with Gasteiger partial charge in [-0.2, -0.15) is 0 Å². The molecular weight excluding hydrogens is 302 g/mol. The number of amides is 1. The Morgan fingerprint density at radius 2 is 1.89 bits per heavy atom. The standard InChI is InChI=1S/C10H20F2N2O3S.ClH/c1-2-3-4-5-18(16,17)6-9(15)14-8-10(11,12)7-13;/h2-8,13H2,1H3,(H,14,15);1H. The van der Waals surface area contributed by atoms with E-state index in [1.165, 1.54) is 0 Å². The van der Waals surface area contributed by atoms with E-state index in [0.717, 1.165) is 12.8 Å². The van der Waals surface area contributed by atoms with Crippen LogP contribution in [-0.2, 0) is 14.6 Å². The number of unbranched alkanes of at least 4 members (excludes halogenated alkanes) is 2. The number of halogens is 3. The third kappa shape index (κ3) is 11.1. The normalized spacial score (nSPS) is 11.8. The topological polar surface area (TPSA) is 89.3 Å². The molecule has 0 saturated heterocycles. The smallest absolute Gasteiger partial charge is 0.277 e. The largest absolute Gasteiger partial charge is 0.349 e. The zero-order valence-corrected chi connectivity index (χ0v) is 12.5. The van der Waals surface area contributed by atoms with Gasteiger partial charge < -0.3 is 11.1 Å². The number of rotatable bonds is 9. The minimum Gasteiger partial charge on any atom is -0.349 e. The van der Waals surface area contributed by atoms with E-state index in [-0.39, 0.29) is 18.2 Å². The Morgan fingerprint density at radius 3 is 2.37 bits per heavy atom. The molecule has 0 aromatic rings. The van der Waals surface area contributed by atoms with Crippen LogP contribution in [0, 0.1) is 0 Å². The number of nitrogens with two attached hydrogens (primary N) is 1. The molecule has 0 unspecified atom stereocenters. The highest BCUT2D eigenvalue weighted by Gasteiger charge is 2.28. The molecule has 0 aliphatic rings. The third-order valence-electron chi connectivity index (χ3n) is 2.25. The van der Waals surface area contributed by atoms with Crippen LogP contribution in [0.5, 0.6) is 0 Å². The van der Waals surface area contributed by atoms with Crippen molar-refractivity contribution in [2.75, 3.05) is 24.6 Å². The Bertz CT molecular complexity index is 364. The predicted molar refractivity (Wildman–Crippen MR) is 72.4 cm³/mol. The fraction of sp³-hybridized carbons (Fsp3) is 0.900. The summed E-state index contributed by atoms with van der Waals surface area (Å²) in [5.74, 6) is -4.97. The summed E-state index contributed by atoms with van der Waals surface area (Å²) in [7, 11) is -3.52. The second-order valence-electron chi connectivity index (χ2n) is 4.14. The van der Waals surface area contributed by atoms with E-state index < -0.39 is 40.5 Å². The fourth-order valence-corrected chi connectivity index (χ4v) is 2.48. The molecule has 19 heavy (non-hydrogen) atoms. The molecule has 0 atom stereocenters. The number of sulfone groups is 1. The molecule has 0 fully saturated rings. The second-order valence-corrected chi connectivity index (χ2v) is 6.32. The Labute approximate surface area is 118 Å². The highest BCUT2D eigenvalue weighted by molar-refractivity contribution is 7.92. The number of nitrogens with one attached hydrogen (secondary N) is 1. The number of carbonyl (C=O) groups is 1. The molecule has 0 aromatic carbocycles. The molecule has 0 aromatic heterocycles. The first-order chi connectivity index (χ1) is 8.22. The number of hydrogen-bond acceptors (Lipinski definition) is 4. The molecule has 1 amide bonds. The monoisotopic (exact) mass is 322 g/mol. The first-order valence-corrected chi connectivity index (χ1v) is 7.59. The van der Waals surface area contributed by atoms with E-state index in [1.54, 1.807) is 0 Å². The molecule has 0 spiro atoms. The molecule has 0 bridgehead atoms. The van der Waals surface area contributed by atoms with Gasteiger partial charge >= 0.3 is 0 Å². The van der Waals surface area contributed by atoms with Gasteiger partial charge in [0.15, 0.2) is 9.84 Å². The minimum absolute atomic E-state index is 0. The van der Waals surface area contributed by atoms with Crippen LogP contribution in [0.15, 0.2) is 0 Å². The summed E-state index contributed by atoms with van der Waals surface area (Å²) >= 11 is 0. The summed E-state index contributed by atoms with van der Waals surface area (Å²) in [5, 5.41) is 1.87. The van der Waals surface area contributed by atoms with Crippen LogP contribution in [0.4, 0.5) is 8.78 Å². The molecule has 0 heterocycles. The lowest BCUT2D eigenvalue weighted by molar-refractivity contribution is -0.120. The summed E-state index contributed by atoms with van der Waals surface area (Å²) in [5.41, 5.74) is 4.78. The van der Waals surface area contributed by atoms with Gasteiger partial charge in [0.2, 0.25) is 5.91 Å². The Morgan fingerprint density at radius 1 is 1.32 bits per heavy atom. The van der Waals surface area contributed by atoms with E-state index >= 15 is 0 Å². The van der Waals surface area contributed by atoms with Gasteiger partial charge in [-0.25, -0.2) is 17.2 Å². The zero-order chi connectivity index (χ0) is 14.2. The quantitative estimate of drug-likeness (QED) is 0.612. The van der Waals surface area contributed by atoms with Gasteiger partial charge in [-0.15, -0.1) is 12.4 Å². The first-order valence-electron chi connectivity index (χ1n) is 5.77. The molecule has 0 radical (unpaired) electrons. The van der Waals surface area contributed by atoms with E-state index in [4.69, 9.17) is 5.73 Å². The fourth-order valence-electron chi connectivity index (χ4n) is 1.19. The maximum atomic E-state index is 12.7. The Hall–Kier alpha value is -0.470. The third-order valence-corrected chi connectivity index (χ3v) is 3.87. The molecule has 0 aliphatic heterocycles. The maximum absolute atomic E-state index is 12.7.